The van der Waals surface area contributed by atoms with E-state index < -0.39 is 0 Å². The third-order valence-corrected chi connectivity index (χ3v) is 4.80. The molecule has 0 amide bonds. The number of aryl methyl sites for hydroxylation is 1. The zero-order chi connectivity index (χ0) is 21.2. The number of nitriles is 1. The lowest BCUT2D eigenvalue weighted by Crippen LogP contribution is -2.13. The normalized spacial score (nSPS) is 15.2. The lowest BCUT2D eigenvalue weighted by molar-refractivity contribution is -0.113. The molecule has 0 spiro atoms. The average Bonchev–Trinajstić information content (AvgIpc) is 2.68. The van der Waals surface area contributed by atoms with Crippen molar-refractivity contribution >= 4 is 17.1 Å². The minimum Gasteiger partial charge on any atom is -0.507 e. The summed E-state index contributed by atoms with van der Waals surface area (Å²) in [5, 5.41) is 28.3. The zero-order valence-electron chi connectivity index (χ0n) is 16.9. The topological polar surface area (TPSA) is 84.9 Å². The fourth-order valence-electron chi connectivity index (χ4n) is 3.42. The van der Waals surface area contributed by atoms with E-state index in [4.69, 9.17) is 5.41 Å². The molecule has 28 heavy (non-hydrogen) atoms. The van der Waals surface area contributed by atoms with Gasteiger partial charge in [-0.25, -0.2) is 0 Å². The van der Waals surface area contributed by atoms with Crippen LogP contribution in [0.5, 0.6) is 0 Å². The second-order valence-corrected chi connectivity index (χ2v) is 7.00. The fraction of sp³-hybridized carbons (Fsp3) is 0.208. The van der Waals surface area contributed by atoms with Crippen LogP contribution in [-0.2, 0) is 4.79 Å². The molecule has 2 N–H and O–H groups in total. The molecule has 4 nitrogen and oxygen atoms in total. The van der Waals surface area contributed by atoms with Crippen molar-refractivity contribution in [2.24, 2.45) is 0 Å². The Morgan fingerprint density at radius 2 is 1.82 bits per heavy atom. The quantitative estimate of drug-likeness (QED) is 0.539. The second-order valence-electron chi connectivity index (χ2n) is 7.00. The highest BCUT2D eigenvalue weighted by atomic mass is 16.3. The van der Waals surface area contributed by atoms with Gasteiger partial charge in [-0.05, 0) is 80.7 Å². The van der Waals surface area contributed by atoms with Crippen molar-refractivity contribution in [1.29, 1.82) is 10.7 Å². The van der Waals surface area contributed by atoms with Gasteiger partial charge in [0.05, 0.1) is 11.6 Å². The molecule has 0 radical (unpaired) electrons. The molecule has 0 aliphatic heterocycles. The van der Waals surface area contributed by atoms with Crippen molar-refractivity contribution in [2.45, 2.75) is 34.6 Å². The minimum absolute atomic E-state index is 0.00522. The first-order chi connectivity index (χ1) is 13.1. The molecule has 1 aromatic carbocycles. The maximum absolute atomic E-state index is 12.5. The van der Waals surface area contributed by atoms with Gasteiger partial charge in [0, 0.05) is 22.4 Å². The summed E-state index contributed by atoms with van der Waals surface area (Å²) in [6, 6.07) is 7.29. The highest BCUT2D eigenvalue weighted by Crippen LogP contribution is 2.39. The van der Waals surface area contributed by atoms with Gasteiger partial charge in [0.1, 0.15) is 5.76 Å². The van der Waals surface area contributed by atoms with Crippen molar-refractivity contribution in [3.05, 3.63) is 87.2 Å². The van der Waals surface area contributed by atoms with Gasteiger partial charge in [-0.3, -0.25) is 4.79 Å². The monoisotopic (exact) mass is 372 g/mol. The van der Waals surface area contributed by atoms with Crippen molar-refractivity contribution in [2.75, 3.05) is 0 Å². The van der Waals surface area contributed by atoms with E-state index in [1.807, 2.05) is 26.8 Å². The number of carbonyl (C=O) groups is 1. The van der Waals surface area contributed by atoms with Crippen LogP contribution in [0.3, 0.4) is 0 Å². The number of ketones is 1. The second kappa shape index (κ2) is 8.06. The Labute approximate surface area is 166 Å². The van der Waals surface area contributed by atoms with Gasteiger partial charge in [0.25, 0.3) is 0 Å². The summed E-state index contributed by atoms with van der Waals surface area (Å²) in [6.45, 7) is 12.6. The molecule has 142 valence electrons. The highest BCUT2D eigenvalue weighted by Gasteiger charge is 2.26. The lowest BCUT2D eigenvalue weighted by Gasteiger charge is -2.21. The molecule has 4 heteroatoms. The van der Waals surface area contributed by atoms with Crippen LogP contribution in [0.4, 0.5) is 0 Å². The molecule has 0 bridgehead atoms. The number of allylic oxidation sites excluding steroid dienone is 7. The van der Waals surface area contributed by atoms with Gasteiger partial charge in [-0.1, -0.05) is 18.7 Å². The van der Waals surface area contributed by atoms with E-state index in [1.165, 1.54) is 6.92 Å². The maximum Gasteiger partial charge on any atom is 0.162 e. The van der Waals surface area contributed by atoms with E-state index >= 15 is 0 Å². The Morgan fingerprint density at radius 1 is 1.18 bits per heavy atom. The first kappa shape index (κ1) is 20.9. The number of benzene rings is 1. The van der Waals surface area contributed by atoms with Crippen molar-refractivity contribution in [1.82, 2.24) is 0 Å². The number of rotatable bonds is 4. The van der Waals surface area contributed by atoms with Crippen molar-refractivity contribution in [3.63, 3.8) is 0 Å². The van der Waals surface area contributed by atoms with Gasteiger partial charge in [0.15, 0.2) is 5.78 Å². The molecule has 0 saturated carbocycles. The van der Waals surface area contributed by atoms with Crippen LogP contribution in [0.1, 0.15) is 44.4 Å². The predicted molar refractivity (Wildman–Crippen MR) is 113 cm³/mol. The smallest absolute Gasteiger partial charge is 0.162 e. The Balaban J connectivity index is 3.05. The van der Waals surface area contributed by atoms with E-state index in [0.717, 1.165) is 16.7 Å². The number of hydrogen-bond donors (Lipinski definition) is 2. The summed E-state index contributed by atoms with van der Waals surface area (Å²) < 4.78 is 0. The lowest BCUT2D eigenvalue weighted by atomic mass is 9.83. The summed E-state index contributed by atoms with van der Waals surface area (Å²) in [5.74, 6) is -0.265. The summed E-state index contributed by atoms with van der Waals surface area (Å²) in [6.07, 6.45) is 3.43. The summed E-state index contributed by atoms with van der Waals surface area (Å²) >= 11 is 0. The molecule has 1 aliphatic rings. The van der Waals surface area contributed by atoms with E-state index in [2.05, 4.69) is 12.6 Å². The maximum atomic E-state index is 12.5. The minimum atomic E-state index is -0.260. The van der Waals surface area contributed by atoms with Crippen LogP contribution in [-0.4, -0.2) is 16.6 Å². The molecule has 0 heterocycles. The van der Waals surface area contributed by atoms with Gasteiger partial charge in [-0.2, -0.15) is 5.26 Å². The van der Waals surface area contributed by atoms with Crippen molar-refractivity contribution < 1.29 is 9.90 Å². The number of aliphatic hydroxyl groups is 1. The van der Waals surface area contributed by atoms with Crippen LogP contribution in [0.15, 0.2) is 70.6 Å². The van der Waals surface area contributed by atoms with Crippen LogP contribution in [0.25, 0.3) is 5.57 Å². The third-order valence-electron chi connectivity index (χ3n) is 4.80. The number of carbonyl (C=O) groups excluding carboxylic acids is 1. The largest absolute Gasteiger partial charge is 0.507 e. The molecule has 0 fully saturated rings. The number of aliphatic hydroxyl groups excluding tert-OH is 1. The third kappa shape index (κ3) is 3.94. The summed E-state index contributed by atoms with van der Waals surface area (Å²) in [7, 11) is 0. The van der Waals surface area contributed by atoms with E-state index in [9.17, 15) is 15.2 Å². The molecule has 1 aliphatic carbocycles. The molecule has 0 unspecified atom stereocenters. The molecular weight excluding hydrogens is 348 g/mol. The molecule has 0 saturated heterocycles. The van der Waals surface area contributed by atoms with Gasteiger partial charge in [0.2, 0.25) is 0 Å². The Morgan fingerprint density at radius 3 is 2.32 bits per heavy atom. The molecule has 0 atom stereocenters. The molecule has 2 rings (SSSR count). The number of hydrogen-bond acceptors (Lipinski definition) is 4. The van der Waals surface area contributed by atoms with E-state index in [1.54, 1.807) is 31.2 Å². The van der Waals surface area contributed by atoms with Crippen LogP contribution >= 0.6 is 0 Å². The van der Waals surface area contributed by atoms with Crippen molar-refractivity contribution in [3.8, 4) is 6.07 Å². The average molecular weight is 372 g/mol. The first-order valence-electron chi connectivity index (χ1n) is 8.90. The van der Waals surface area contributed by atoms with E-state index in [-0.39, 0.29) is 22.8 Å². The molecule has 0 aromatic heterocycles. The van der Waals surface area contributed by atoms with Gasteiger partial charge >= 0.3 is 0 Å². The SMILES string of the molecule is C=C1C=C(C)C(C)=C(/C(=C(\C(C)=N)C(C)=O)c2ccc(C#N)cc2C)C(O)=C1. The Hall–Kier alpha value is -3.45. The van der Waals surface area contributed by atoms with Gasteiger partial charge < -0.3 is 10.5 Å². The fourth-order valence-corrected chi connectivity index (χ4v) is 3.42. The van der Waals surface area contributed by atoms with Crippen LogP contribution in [0, 0.1) is 23.7 Å². The predicted octanol–water partition coefficient (Wildman–Crippen LogP) is 5.52. The summed E-state index contributed by atoms with van der Waals surface area (Å²) in [4.78, 5) is 12.5. The molecular formula is C24H24N2O2. The van der Waals surface area contributed by atoms with Gasteiger partial charge in [-0.15, -0.1) is 0 Å². The van der Waals surface area contributed by atoms with Crippen LogP contribution in [0.2, 0.25) is 0 Å². The standard InChI is InChI=1S/C24H24N2O2/c1-13-9-14(2)16(4)22(21(28)10-13)24(23(17(5)26)18(6)27)20-8-7-19(12-25)11-15(20)3/h7-11,26,28H,1H2,2-6H3/b24-23+,26-17?. The molecule has 1 aromatic rings. The first-order valence-corrected chi connectivity index (χ1v) is 8.90. The van der Waals surface area contributed by atoms with E-state index in [0.29, 0.717) is 27.8 Å². The number of nitrogens with zero attached hydrogens (tertiary/aromatic N) is 1. The number of nitrogens with one attached hydrogen (secondary N) is 1. The Kier molecular flexibility index (Phi) is 6.00. The number of Topliss-reactive ketones (excluding diaryl/α,β-unsaturated/α-hetero) is 1. The Bertz CT molecular complexity index is 1050. The zero-order valence-corrected chi connectivity index (χ0v) is 16.9. The highest BCUT2D eigenvalue weighted by molar-refractivity contribution is 6.26. The summed E-state index contributed by atoms with van der Waals surface area (Å²) in [5.41, 5.74) is 5.70. The van der Waals surface area contributed by atoms with Crippen LogP contribution < -0.4 is 0 Å².